The van der Waals surface area contributed by atoms with E-state index >= 15 is 0 Å². The van der Waals surface area contributed by atoms with Gasteiger partial charge in [-0.05, 0) is 50.1 Å². The van der Waals surface area contributed by atoms with Crippen molar-refractivity contribution in [1.29, 1.82) is 0 Å². The molecule has 1 fully saturated rings. The Morgan fingerprint density at radius 2 is 1.81 bits per heavy atom. The number of carbonyl (C=O) groups excluding carboxylic acids is 1. The predicted octanol–water partition coefficient (Wildman–Crippen LogP) is 4.44. The third-order valence-electron chi connectivity index (χ3n) is 5.40. The smallest absolute Gasteiger partial charge is 0.246 e. The van der Waals surface area contributed by atoms with Gasteiger partial charge in [-0.25, -0.2) is 22.2 Å². The zero-order chi connectivity index (χ0) is 22.9. The highest BCUT2D eigenvalue weighted by atomic mass is 32.2. The van der Waals surface area contributed by atoms with Gasteiger partial charge >= 0.3 is 0 Å². The number of hydrogen-bond donors (Lipinski definition) is 1. The van der Waals surface area contributed by atoms with E-state index in [0.29, 0.717) is 11.8 Å². The SMILES string of the molecule is Cc1nc(-c2ccc(NC(=O)C3CCN(S(=O)(=O)c4cc(F)ccc4F)CC3)cc2)cs1. The second kappa shape index (κ2) is 9.05. The van der Waals surface area contributed by atoms with Crippen LogP contribution in [0, 0.1) is 24.5 Å². The molecule has 3 aromatic rings. The number of thiazole rings is 1. The van der Waals surface area contributed by atoms with Gasteiger partial charge in [0.15, 0.2) is 0 Å². The molecule has 6 nitrogen and oxygen atoms in total. The van der Waals surface area contributed by atoms with Crippen LogP contribution >= 0.6 is 11.3 Å². The number of rotatable bonds is 5. The van der Waals surface area contributed by atoms with Crippen LogP contribution in [0.25, 0.3) is 11.3 Å². The fourth-order valence-electron chi connectivity index (χ4n) is 3.64. The average Bonchev–Trinajstić information content (AvgIpc) is 3.22. The van der Waals surface area contributed by atoms with Gasteiger partial charge in [0.1, 0.15) is 16.5 Å². The van der Waals surface area contributed by atoms with E-state index in [-0.39, 0.29) is 37.8 Å². The molecule has 32 heavy (non-hydrogen) atoms. The van der Waals surface area contributed by atoms with Crippen molar-refractivity contribution >= 4 is 33.0 Å². The Kier molecular flexibility index (Phi) is 6.36. The molecule has 0 radical (unpaired) electrons. The fraction of sp³-hybridized carbons (Fsp3) is 0.273. The quantitative estimate of drug-likeness (QED) is 0.589. The molecule has 1 saturated heterocycles. The number of hydrogen-bond acceptors (Lipinski definition) is 5. The zero-order valence-electron chi connectivity index (χ0n) is 17.2. The summed E-state index contributed by atoms with van der Waals surface area (Å²) in [7, 11) is -4.17. The lowest BCUT2D eigenvalue weighted by molar-refractivity contribution is -0.120. The van der Waals surface area contributed by atoms with Gasteiger partial charge in [0.05, 0.1) is 10.7 Å². The van der Waals surface area contributed by atoms with Crippen molar-refractivity contribution in [2.24, 2.45) is 5.92 Å². The van der Waals surface area contributed by atoms with E-state index in [1.54, 1.807) is 23.5 Å². The van der Waals surface area contributed by atoms with E-state index in [1.807, 2.05) is 24.4 Å². The zero-order valence-corrected chi connectivity index (χ0v) is 18.8. The lowest BCUT2D eigenvalue weighted by Crippen LogP contribution is -2.41. The van der Waals surface area contributed by atoms with Crippen molar-refractivity contribution in [3.05, 3.63) is 64.5 Å². The standard InChI is InChI=1S/C22H21F2N3O3S2/c1-14-25-20(13-31-14)15-2-5-18(6-3-15)26-22(28)16-8-10-27(11-9-16)32(29,30)21-12-17(23)4-7-19(21)24/h2-7,12-13,16H,8-11H2,1H3,(H,26,28). The predicted molar refractivity (Wildman–Crippen MR) is 119 cm³/mol. The van der Waals surface area contributed by atoms with Crippen LogP contribution in [0.15, 0.2) is 52.7 Å². The normalized spacial score (nSPS) is 15.6. The Hall–Kier alpha value is -2.69. The van der Waals surface area contributed by atoms with Crippen molar-refractivity contribution in [2.75, 3.05) is 18.4 Å². The lowest BCUT2D eigenvalue weighted by atomic mass is 9.97. The molecule has 0 unspecified atom stereocenters. The van der Waals surface area contributed by atoms with Gasteiger partial charge in [0, 0.05) is 35.6 Å². The first-order valence-corrected chi connectivity index (χ1v) is 12.3. The van der Waals surface area contributed by atoms with Crippen molar-refractivity contribution in [2.45, 2.75) is 24.7 Å². The maximum Gasteiger partial charge on any atom is 0.246 e. The first-order chi connectivity index (χ1) is 15.2. The number of aryl methyl sites for hydroxylation is 1. The third-order valence-corrected chi connectivity index (χ3v) is 8.09. The lowest BCUT2D eigenvalue weighted by Gasteiger charge is -2.30. The summed E-state index contributed by atoms with van der Waals surface area (Å²) in [4.78, 5) is 16.4. The van der Waals surface area contributed by atoms with E-state index in [4.69, 9.17) is 0 Å². The Morgan fingerprint density at radius 3 is 2.44 bits per heavy atom. The van der Waals surface area contributed by atoms with Crippen LogP contribution in [0.4, 0.5) is 14.5 Å². The molecule has 10 heteroatoms. The van der Waals surface area contributed by atoms with Gasteiger partial charge in [-0.15, -0.1) is 11.3 Å². The van der Waals surface area contributed by atoms with Crippen LogP contribution in [0.5, 0.6) is 0 Å². The molecule has 1 aromatic heterocycles. The number of anilines is 1. The largest absolute Gasteiger partial charge is 0.326 e. The first-order valence-electron chi connectivity index (χ1n) is 10.0. The minimum atomic E-state index is -4.17. The Labute approximate surface area is 189 Å². The second-order valence-corrected chi connectivity index (χ2v) is 10.5. The molecule has 2 aromatic carbocycles. The molecule has 1 aliphatic heterocycles. The monoisotopic (exact) mass is 477 g/mol. The van der Waals surface area contributed by atoms with Crippen molar-refractivity contribution < 1.29 is 22.0 Å². The molecule has 2 heterocycles. The summed E-state index contributed by atoms with van der Waals surface area (Å²) in [6.07, 6.45) is 0.580. The van der Waals surface area contributed by atoms with Gasteiger partial charge in [0.2, 0.25) is 15.9 Å². The van der Waals surface area contributed by atoms with Crippen LogP contribution in [0.3, 0.4) is 0 Å². The third kappa shape index (κ3) is 4.72. The molecule has 0 spiro atoms. The molecule has 0 saturated carbocycles. The van der Waals surface area contributed by atoms with Crippen LogP contribution < -0.4 is 5.32 Å². The summed E-state index contributed by atoms with van der Waals surface area (Å²) >= 11 is 1.57. The number of benzene rings is 2. The van der Waals surface area contributed by atoms with Gasteiger partial charge in [-0.3, -0.25) is 4.79 Å². The Bertz CT molecular complexity index is 1240. The van der Waals surface area contributed by atoms with Gasteiger partial charge in [-0.2, -0.15) is 4.31 Å². The van der Waals surface area contributed by atoms with E-state index in [1.165, 1.54) is 0 Å². The van der Waals surface area contributed by atoms with Crippen LogP contribution in [-0.4, -0.2) is 36.7 Å². The van der Waals surface area contributed by atoms with E-state index in [9.17, 15) is 22.0 Å². The summed E-state index contributed by atoms with van der Waals surface area (Å²) in [5.41, 5.74) is 2.48. The summed E-state index contributed by atoms with van der Waals surface area (Å²) < 4.78 is 53.9. The number of sulfonamides is 1. The van der Waals surface area contributed by atoms with Crippen molar-refractivity contribution in [3.63, 3.8) is 0 Å². The average molecular weight is 478 g/mol. The summed E-state index contributed by atoms with van der Waals surface area (Å²) in [5.74, 6) is -2.39. The topological polar surface area (TPSA) is 79.4 Å². The van der Waals surface area contributed by atoms with Crippen molar-refractivity contribution in [3.8, 4) is 11.3 Å². The van der Waals surface area contributed by atoms with Crippen LogP contribution in [0.1, 0.15) is 17.8 Å². The summed E-state index contributed by atoms with van der Waals surface area (Å²) in [6.45, 7) is 2.05. The van der Waals surface area contributed by atoms with Crippen LogP contribution in [-0.2, 0) is 14.8 Å². The van der Waals surface area contributed by atoms with Crippen LogP contribution in [0.2, 0.25) is 0 Å². The molecule has 0 aliphatic carbocycles. The van der Waals surface area contributed by atoms with E-state index in [0.717, 1.165) is 32.7 Å². The summed E-state index contributed by atoms with van der Waals surface area (Å²) in [6, 6.07) is 9.71. The molecule has 168 valence electrons. The summed E-state index contributed by atoms with van der Waals surface area (Å²) in [5, 5.41) is 5.81. The molecular formula is C22H21F2N3O3S2. The molecule has 1 N–H and O–H groups in total. The first kappa shape index (κ1) is 22.5. The Morgan fingerprint density at radius 1 is 1.12 bits per heavy atom. The Balaban J connectivity index is 1.37. The number of piperidine rings is 1. The molecule has 1 aliphatic rings. The number of amides is 1. The molecule has 0 bridgehead atoms. The molecule has 0 atom stereocenters. The van der Waals surface area contributed by atoms with E-state index < -0.39 is 26.6 Å². The highest BCUT2D eigenvalue weighted by molar-refractivity contribution is 7.89. The molecule has 1 amide bonds. The number of nitrogens with zero attached hydrogens (tertiary/aromatic N) is 2. The number of halogens is 2. The number of nitrogens with one attached hydrogen (secondary N) is 1. The van der Waals surface area contributed by atoms with Crippen molar-refractivity contribution in [1.82, 2.24) is 9.29 Å². The fourth-order valence-corrected chi connectivity index (χ4v) is 5.80. The van der Waals surface area contributed by atoms with E-state index in [2.05, 4.69) is 10.3 Å². The minimum Gasteiger partial charge on any atom is -0.326 e. The second-order valence-electron chi connectivity index (χ2n) is 7.57. The molecule has 4 rings (SSSR count). The number of aromatic nitrogens is 1. The molecular weight excluding hydrogens is 456 g/mol. The highest BCUT2D eigenvalue weighted by Crippen LogP contribution is 2.27. The highest BCUT2D eigenvalue weighted by Gasteiger charge is 2.33. The van der Waals surface area contributed by atoms with Gasteiger partial charge in [0.25, 0.3) is 0 Å². The minimum absolute atomic E-state index is 0.0541. The van der Waals surface area contributed by atoms with Gasteiger partial charge < -0.3 is 5.32 Å². The van der Waals surface area contributed by atoms with Gasteiger partial charge in [-0.1, -0.05) is 12.1 Å². The maximum atomic E-state index is 14.0. The number of carbonyl (C=O) groups is 1. The maximum absolute atomic E-state index is 14.0.